The van der Waals surface area contributed by atoms with E-state index in [-0.39, 0.29) is 17.4 Å². The van der Waals surface area contributed by atoms with E-state index >= 15 is 0 Å². The number of nitrogens with one attached hydrogen (secondary N) is 2. The Labute approximate surface area is 161 Å². The zero-order chi connectivity index (χ0) is 20.2. The maximum absolute atomic E-state index is 12.4. The number of carbonyl (C=O) groups is 2. The third kappa shape index (κ3) is 6.13. The summed E-state index contributed by atoms with van der Waals surface area (Å²) in [5.41, 5.74) is 2.91. The van der Waals surface area contributed by atoms with E-state index < -0.39 is 6.10 Å². The predicted molar refractivity (Wildman–Crippen MR) is 108 cm³/mol. The number of rotatable bonds is 5. The van der Waals surface area contributed by atoms with Crippen molar-refractivity contribution in [1.82, 2.24) is 5.32 Å². The zero-order valence-electron chi connectivity index (χ0n) is 16.8. The summed E-state index contributed by atoms with van der Waals surface area (Å²) < 4.78 is 5.80. The first kappa shape index (κ1) is 20.5. The SMILES string of the molecule is Cc1ccc(C)c(OC(C)C(=O)Nc2ccc(C(=O)NC(C)(C)C)cc2)c1. The number of ether oxygens (including phenoxy) is 1. The van der Waals surface area contributed by atoms with Gasteiger partial charge in [0.2, 0.25) is 0 Å². The number of hydrogen-bond acceptors (Lipinski definition) is 3. The van der Waals surface area contributed by atoms with E-state index in [9.17, 15) is 9.59 Å². The van der Waals surface area contributed by atoms with E-state index in [0.717, 1.165) is 11.1 Å². The highest BCUT2D eigenvalue weighted by molar-refractivity contribution is 5.97. The zero-order valence-corrected chi connectivity index (χ0v) is 16.8. The largest absolute Gasteiger partial charge is 0.481 e. The maximum atomic E-state index is 12.4. The van der Waals surface area contributed by atoms with Crippen molar-refractivity contribution in [3.8, 4) is 5.75 Å². The first-order valence-corrected chi connectivity index (χ1v) is 9.02. The molecule has 0 bridgehead atoms. The molecule has 0 aliphatic rings. The van der Waals surface area contributed by atoms with Gasteiger partial charge in [0, 0.05) is 16.8 Å². The van der Waals surface area contributed by atoms with E-state index in [1.807, 2.05) is 52.8 Å². The molecule has 2 rings (SSSR count). The minimum absolute atomic E-state index is 0.146. The summed E-state index contributed by atoms with van der Waals surface area (Å²) in [5.74, 6) is 0.307. The molecule has 27 heavy (non-hydrogen) atoms. The Morgan fingerprint density at radius 1 is 1.00 bits per heavy atom. The third-order valence-electron chi connectivity index (χ3n) is 3.92. The number of aryl methyl sites for hydroxylation is 2. The van der Waals surface area contributed by atoms with Crippen molar-refractivity contribution >= 4 is 17.5 Å². The van der Waals surface area contributed by atoms with E-state index in [4.69, 9.17) is 4.74 Å². The van der Waals surface area contributed by atoms with E-state index in [0.29, 0.717) is 17.0 Å². The van der Waals surface area contributed by atoms with Crippen LogP contribution >= 0.6 is 0 Å². The normalized spacial score (nSPS) is 12.2. The highest BCUT2D eigenvalue weighted by atomic mass is 16.5. The third-order valence-corrected chi connectivity index (χ3v) is 3.92. The molecule has 5 heteroatoms. The molecule has 0 radical (unpaired) electrons. The fraction of sp³-hybridized carbons (Fsp3) is 0.364. The number of amides is 2. The van der Waals surface area contributed by atoms with Crippen LogP contribution in [0.3, 0.4) is 0 Å². The smallest absolute Gasteiger partial charge is 0.265 e. The predicted octanol–water partition coefficient (Wildman–Crippen LogP) is 4.24. The van der Waals surface area contributed by atoms with Gasteiger partial charge in [-0.2, -0.15) is 0 Å². The molecule has 2 N–H and O–H groups in total. The molecule has 2 aromatic rings. The summed E-state index contributed by atoms with van der Waals surface area (Å²) in [6.45, 7) is 11.4. The van der Waals surface area contributed by atoms with Crippen LogP contribution in [0, 0.1) is 13.8 Å². The van der Waals surface area contributed by atoms with Gasteiger partial charge in [0.25, 0.3) is 11.8 Å². The van der Waals surface area contributed by atoms with Crippen molar-refractivity contribution in [2.75, 3.05) is 5.32 Å². The summed E-state index contributed by atoms with van der Waals surface area (Å²) in [7, 11) is 0. The van der Waals surface area contributed by atoms with Crippen LogP contribution in [0.15, 0.2) is 42.5 Å². The van der Waals surface area contributed by atoms with Gasteiger partial charge in [0.05, 0.1) is 0 Å². The Hall–Kier alpha value is -2.82. The average molecular weight is 368 g/mol. The van der Waals surface area contributed by atoms with Gasteiger partial charge in [-0.15, -0.1) is 0 Å². The maximum Gasteiger partial charge on any atom is 0.265 e. The molecule has 0 heterocycles. The standard InChI is InChI=1S/C22H28N2O3/c1-14-7-8-15(2)19(13-14)27-16(3)20(25)23-18-11-9-17(10-12-18)21(26)24-22(4,5)6/h7-13,16H,1-6H3,(H,23,25)(H,24,26). The van der Waals surface area contributed by atoms with Crippen molar-refractivity contribution < 1.29 is 14.3 Å². The van der Waals surface area contributed by atoms with Crippen molar-refractivity contribution in [3.05, 3.63) is 59.2 Å². The second-order valence-electron chi connectivity index (χ2n) is 7.80. The van der Waals surface area contributed by atoms with Crippen LogP contribution in [0.25, 0.3) is 0 Å². The lowest BCUT2D eigenvalue weighted by Crippen LogP contribution is -2.40. The molecular formula is C22H28N2O3. The molecule has 0 fully saturated rings. The summed E-state index contributed by atoms with van der Waals surface area (Å²) in [6, 6.07) is 12.7. The van der Waals surface area contributed by atoms with Crippen molar-refractivity contribution in [2.45, 2.75) is 53.2 Å². The molecule has 144 valence electrons. The van der Waals surface area contributed by atoms with Gasteiger partial charge in [0.15, 0.2) is 6.10 Å². The molecule has 0 aliphatic heterocycles. The van der Waals surface area contributed by atoms with Gasteiger partial charge in [-0.3, -0.25) is 9.59 Å². The van der Waals surface area contributed by atoms with Crippen molar-refractivity contribution in [3.63, 3.8) is 0 Å². The second kappa shape index (κ2) is 8.25. The quantitative estimate of drug-likeness (QED) is 0.829. The highest BCUT2D eigenvalue weighted by Gasteiger charge is 2.17. The van der Waals surface area contributed by atoms with Crippen LogP contribution in [-0.4, -0.2) is 23.5 Å². The molecule has 2 amide bonds. The Kier molecular flexibility index (Phi) is 6.26. The second-order valence-corrected chi connectivity index (χ2v) is 7.80. The number of carbonyl (C=O) groups excluding carboxylic acids is 2. The van der Waals surface area contributed by atoms with Crippen molar-refractivity contribution in [1.29, 1.82) is 0 Å². The average Bonchev–Trinajstić information content (AvgIpc) is 2.57. The first-order chi connectivity index (χ1) is 12.5. The minimum atomic E-state index is -0.644. The Bertz CT molecular complexity index is 820. The van der Waals surface area contributed by atoms with Crippen LogP contribution in [0.1, 0.15) is 49.2 Å². The van der Waals surface area contributed by atoms with Gasteiger partial charge in [-0.1, -0.05) is 12.1 Å². The van der Waals surface area contributed by atoms with E-state index in [2.05, 4.69) is 10.6 Å². The lowest BCUT2D eigenvalue weighted by atomic mass is 10.1. The van der Waals surface area contributed by atoms with Crippen molar-refractivity contribution in [2.24, 2.45) is 0 Å². The molecule has 0 spiro atoms. The van der Waals surface area contributed by atoms with Gasteiger partial charge >= 0.3 is 0 Å². The van der Waals surface area contributed by atoms with Gasteiger partial charge in [-0.25, -0.2) is 0 Å². The van der Waals surface area contributed by atoms with Crippen LogP contribution in [0.5, 0.6) is 5.75 Å². The lowest BCUT2D eigenvalue weighted by Gasteiger charge is -2.20. The van der Waals surface area contributed by atoms with Crippen LogP contribution in [0.4, 0.5) is 5.69 Å². The Morgan fingerprint density at radius 3 is 2.22 bits per heavy atom. The molecule has 0 saturated heterocycles. The van der Waals surface area contributed by atoms with E-state index in [1.165, 1.54) is 0 Å². The minimum Gasteiger partial charge on any atom is -0.481 e. The summed E-state index contributed by atoms with van der Waals surface area (Å²) in [5, 5.41) is 5.72. The monoisotopic (exact) mass is 368 g/mol. The van der Waals surface area contributed by atoms with Gasteiger partial charge < -0.3 is 15.4 Å². The van der Waals surface area contributed by atoms with Gasteiger partial charge in [-0.05, 0) is 83.0 Å². The number of benzene rings is 2. The first-order valence-electron chi connectivity index (χ1n) is 9.02. The van der Waals surface area contributed by atoms with Gasteiger partial charge in [0.1, 0.15) is 5.75 Å². The molecule has 1 unspecified atom stereocenters. The van der Waals surface area contributed by atoms with Crippen LogP contribution in [-0.2, 0) is 4.79 Å². The fourth-order valence-electron chi connectivity index (χ4n) is 2.44. The van der Waals surface area contributed by atoms with Crippen LogP contribution in [0.2, 0.25) is 0 Å². The summed E-state index contributed by atoms with van der Waals surface area (Å²) in [6.07, 6.45) is -0.644. The molecule has 0 aliphatic carbocycles. The Balaban J connectivity index is 1.98. The van der Waals surface area contributed by atoms with E-state index in [1.54, 1.807) is 31.2 Å². The fourth-order valence-corrected chi connectivity index (χ4v) is 2.44. The topological polar surface area (TPSA) is 67.4 Å². The lowest BCUT2D eigenvalue weighted by molar-refractivity contribution is -0.122. The molecule has 1 atom stereocenters. The summed E-state index contributed by atoms with van der Waals surface area (Å²) >= 11 is 0. The summed E-state index contributed by atoms with van der Waals surface area (Å²) in [4.78, 5) is 24.6. The Morgan fingerprint density at radius 2 is 1.63 bits per heavy atom. The molecular weight excluding hydrogens is 340 g/mol. The molecule has 0 saturated carbocycles. The highest BCUT2D eigenvalue weighted by Crippen LogP contribution is 2.21. The number of anilines is 1. The molecule has 5 nitrogen and oxygen atoms in total. The van der Waals surface area contributed by atoms with Crippen LogP contribution < -0.4 is 15.4 Å². The molecule has 0 aromatic heterocycles. The molecule has 2 aromatic carbocycles. The number of hydrogen-bond donors (Lipinski definition) is 2.